The van der Waals surface area contributed by atoms with Gasteiger partial charge in [0, 0.05) is 46.3 Å². The van der Waals surface area contributed by atoms with Gasteiger partial charge in [-0.25, -0.2) is 19.9 Å². The van der Waals surface area contributed by atoms with Crippen LogP contribution in [-0.2, 0) is 32.5 Å². The number of fused-ring (bicyclic) bond motifs is 6. The molecule has 0 bridgehead atoms. The Labute approximate surface area is 199 Å². The number of hydrogen-bond acceptors (Lipinski definition) is 6. The topological polar surface area (TPSA) is 78.8 Å². The summed E-state index contributed by atoms with van der Waals surface area (Å²) in [6.07, 6.45) is 8.07. The van der Waals surface area contributed by atoms with E-state index in [1.54, 1.807) is 12.7 Å². The SMILES string of the molecule is Cc1ncnc2c1c1c(n2Cc2ncnc3[nH]c4c(c23)CC(C)(C)N(C)C4)CN(C)C2(CC2)C1. The maximum absolute atomic E-state index is 4.84. The number of aryl methyl sites for hydroxylation is 1. The summed E-state index contributed by atoms with van der Waals surface area (Å²) in [7, 11) is 4.48. The second-order valence-electron chi connectivity index (χ2n) is 11.4. The summed E-state index contributed by atoms with van der Waals surface area (Å²) in [4.78, 5) is 27.4. The summed E-state index contributed by atoms with van der Waals surface area (Å²) >= 11 is 0. The van der Waals surface area contributed by atoms with Gasteiger partial charge in [0.1, 0.15) is 23.9 Å². The van der Waals surface area contributed by atoms with E-state index < -0.39 is 0 Å². The lowest BCUT2D eigenvalue weighted by molar-refractivity contribution is 0.132. The highest BCUT2D eigenvalue weighted by Crippen LogP contribution is 2.49. The highest BCUT2D eigenvalue weighted by molar-refractivity contribution is 5.87. The van der Waals surface area contributed by atoms with Crippen LogP contribution in [0.1, 0.15) is 60.6 Å². The third kappa shape index (κ3) is 2.72. The van der Waals surface area contributed by atoms with Gasteiger partial charge in [0.05, 0.1) is 17.9 Å². The van der Waals surface area contributed by atoms with Crippen LogP contribution >= 0.6 is 0 Å². The van der Waals surface area contributed by atoms with Crippen LogP contribution in [0, 0.1) is 6.92 Å². The van der Waals surface area contributed by atoms with Crippen molar-refractivity contribution in [2.75, 3.05) is 14.1 Å². The largest absolute Gasteiger partial charge is 0.342 e. The molecule has 8 nitrogen and oxygen atoms in total. The number of aromatic nitrogens is 6. The Morgan fingerprint density at radius 2 is 1.71 bits per heavy atom. The van der Waals surface area contributed by atoms with Crippen molar-refractivity contribution in [3.63, 3.8) is 0 Å². The van der Waals surface area contributed by atoms with E-state index in [9.17, 15) is 0 Å². The predicted octanol–water partition coefficient (Wildman–Crippen LogP) is 3.35. The molecule has 4 aromatic rings. The summed E-state index contributed by atoms with van der Waals surface area (Å²) in [5, 5.41) is 2.45. The van der Waals surface area contributed by atoms with Gasteiger partial charge in [-0.15, -0.1) is 0 Å². The number of hydrogen-bond donors (Lipinski definition) is 1. The van der Waals surface area contributed by atoms with Gasteiger partial charge in [-0.05, 0) is 71.7 Å². The molecule has 0 saturated heterocycles. The Kier molecular flexibility index (Phi) is 4.01. The van der Waals surface area contributed by atoms with E-state index in [1.807, 2.05) is 0 Å². The normalized spacial score (nSPS) is 21.3. The van der Waals surface area contributed by atoms with Crippen LogP contribution in [0.4, 0.5) is 0 Å². The molecule has 4 aromatic heterocycles. The first-order valence-electron chi connectivity index (χ1n) is 12.3. The van der Waals surface area contributed by atoms with Gasteiger partial charge in [0.15, 0.2) is 0 Å². The van der Waals surface area contributed by atoms with Crippen LogP contribution in [0.2, 0.25) is 0 Å². The van der Waals surface area contributed by atoms with E-state index in [-0.39, 0.29) is 5.54 Å². The molecule has 2 aliphatic heterocycles. The van der Waals surface area contributed by atoms with E-state index in [4.69, 9.17) is 9.97 Å². The average Bonchev–Trinajstić information content (AvgIpc) is 3.40. The van der Waals surface area contributed by atoms with Crippen molar-refractivity contribution in [1.82, 2.24) is 39.3 Å². The molecule has 7 rings (SSSR count). The summed E-state index contributed by atoms with van der Waals surface area (Å²) in [5.74, 6) is 0. The van der Waals surface area contributed by atoms with Gasteiger partial charge in [-0.1, -0.05) is 0 Å². The van der Waals surface area contributed by atoms with E-state index in [0.29, 0.717) is 12.1 Å². The maximum Gasteiger partial charge on any atom is 0.144 e. The molecule has 176 valence electrons. The third-order valence-electron chi connectivity index (χ3n) is 8.99. The summed E-state index contributed by atoms with van der Waals surface area (Å²) in [6, 6.07) is 0. The van der Waals surface area contributed by atoms with Crippen molar-refractivity contribution in [2.24, 2.45) is 0 Å². The summed E-state index contributed by atoms with van der Waals surface area (Å²) < 4.78 is 2.41. The Morgan fingerprint density at radius 3 is 2.50 bits per heavy atom. The molecule has 8 heteroatoms. The summed E-state index contributed by atoms with van der Waals surface area (Å²) in [6.45, 7) is 9.30. The molecule has 0 unspecified atom stereocenters. The molecule has 1 aliphatic carbocycles. The standard InChI is InChI=1S/C26H32N8/c1-15-21-17-9-26(6-7-26)33(5)12-20(17)34(24(21)30-13-27-15)11-19-22-16-8-25(2,3)32(4)10-18(16)31-23(22)29-14-28-19/h13-14H,6-12H2,1-5H3,(H,28,29,31). The molecule has 1 N–H and O–H groups in total. The van der Waals surface area contributed by atoms with Crippen LogP contribution in [0.5, 0.6) is 0 Å². The maximum atomic E-state index is 4.84. The zero-order chi connectivity index (χ0) is 23.4. The van der Waals surface area contributed by atoms with Gasteiger partial charge >= 0.3 is 0 Å². The lowest BCUT2D eigenvalue weighted by Crippen LogP contribution is -2.45. The van der Waals surface area contributed by atoms with Crippen LogP contribution in [0.25, 0.3) is 22.1 Å². The number of nitrogens with zero attached hydrogens (tertiary/aromatic N) is 7. The quantitative estimate of drug-likeness (QED) is 0.498. The number of likely N-dealkylation sites (N-methyl/N-ethyl adjacent to an activating group) is 2. The monoisotopic (exact) mass is 456 g/mol. The molecule has 3 aliphatic rings. The lowest BCUT2D eigenvalue weighted by atomic mass is 9.87. The molecule has 6 heterocycles. The number of aromatic amines is 1. The van der Waals surface area contributed by atoms with Crippen molar-refractivity contribution in [2.45, 2.75) is 77.2 Å². The van der Waals surface area contributed by atoms with Gasteiger partial charge in [-0.2, -0.15) is 0 Å². The molecule has 0 aromatic carbocycles. The van der Waals surface area contributed by atoms with Gasteiger partial charge in [0.2, 0.25) is 0 Å². The fourth-order valence-corrected chi connectivity index (χ4v) is 6.38. The molecular weight excluding hydrogens is 424 g/mol. The second-order valence-corrected chi connectivity index (χ2v) is 11.4. The molecule has 1 fully saturated rings. The minimum absolute atomic E-state index is 0.0974. The number of H-pyrrole nitrogens is 1. The molecular formula is C26H32N8. The van der Waals surface area contributed by atoms with Crippen molar-refractivity contribution in [3.05, 3.63) is 46.6 Å². The fraction of sp³-hybridized carbons (Fsp3) is 0.538. The van der Waals surface area contributed by atoms with Gasteiger partial charge in [-0.3, -0.25) is 9.80 Å². The van der Waals surface area contributed by atoms with Crippen molar-refractivity contribution in [3.8, 4) is 0 Å². The van der Waals surface area contributed by atoms with E-state index in [2.05, 4.69) is 64.2 Å². The first-order valence-corrected chi connectivity index (χ1v) is 12.3. The van der Waals surface area contributed by atoms with Gasteiger partial charge in [0.25, 0.3) is 0 Å². The van der Waals surface area contributed by atoms with Gasteiger partial charge < -0.3 is 9.55 Å². The highest BCUT2D eigenvalue weighted by atomic mass is 15.2. The first-order chi connectivity index (χ1) is 16.3. The smallest absolute Gasteiger partial charge is 0.144 e. The van der Waals surface area contributed by atoms with Crippen molar-refractivity contribution >= 4 is 22.1 Å². The molecule has 0 atom stereocenters. The highest BCUT2D eigenvalue weighted by Gasteiger charge is 2.50. The Hall–Kier alpha value is -2.84. The van der Waals surface area contributed by atoms with E-state index in [0.717, 1.165) is 48.6 Å². The molecule has 34 heavy (non-hydrogen) atoms. The van der Waals surface area contributed by atoms with Crippen LogP contribution in [0.3, 0.4) is 0 Å². The number of nitrogens with one attached hydrogen (secondary N) is 1. The van der Waals surface area contributed by atoms with Crippen molar-refractivity contribution in [1.29, 1.82) is 0 Å². The third-order valence-corrected chi connectivity index (χ3v) is 8.99. The average molecular weight is 457 g/mol. The van der Waals surface area contributed by atoms with Crippen LogP contribution in [-0.4, -0.2) is 64.5 Å². The molecule has 0 radical (unpaired) electrons. The molecule has 0 amide bonds. The first kappa shape index (κ1) is 20.5. The Balaban J connectivity index is 1.41. The predicted molar refractivity (Wildman–Crippen MR) is 132 cm³/mol. The minimum Gasteiger partial charge on any atom is -0.342 e. The molecule has 1 spiro atoms. The number of rotatable bonds is 2. The van der Waals surface area contributed by atoms with E-state index in [1.165, 1.54) is 46.1 Å². The molecule has 1 saturated carbocycles. The van der Waals surface area contributed by atoms with Crippen molar-refractivity contribution < 1.29 is 0 Å². The minimum atomic E-state index is 0.0974. The van der Waals surface area contributed by atoms with Crippen LogP contribution < -0.4 is 0 Å². The van der Waals surface area contributed by atoms with Crippen LogP contribution in [0.15, 0.2) is 12.7 Å². The Bertz CT molecular complexity index is 1470. The fourth-order valence-electron chi connectivity index (χ4n) is 6.38. The summed E-state index contributed by atoms with van der Waals surface area (Å²) in [5.41, 5.74) is 10.1. The lowest BCUT2D eigenvalue weighted by Gasteiger charge is -2.39. The van der Waals surface area contributed by atoms with E-state index >= 15 is 0 Å². The zero-order valence-electron chi connectivity index (χ0n) is 20.7. The Morgan fingerprint density at radius 1 is 0.912 bits per heavy atom. The second kappa shape index (κ2) is 6.64. The zero-order valence-corrected chi connectivity index (χ0v) is 20.7.